The second kappa shape index (κ2) is 7.39. The van der Waals surface area contributed by atoms with Gasteiger partial charge >= 0.3 is 0 Å². The van der Waals surface area contributed by atoms with Crippen LogP contribution in [0, 0.1) is 0 Å². The molecule has 0 fully saturated rings. The quantitative estimate of drug-likeness (QED) is 0.427. The van der Waals surface area contributed by atoms with Crippen LogP contribution in [0.2, 0.25) is 0 Å². The maximum absolute atomic E-state index is 2.46. The van der Waals surface area contributed by atoms with Gasteiger partial charge in [-0.15, -0.1) is 0 Å². The first-order chi connectivity index (χ1) is 13.5. The van der Waals surface area contributed by atoms with E-state index in [0.717, 1.165) is 25.7 Å². The van der Waals surface area contributed by atoms with Crippen molar-refractivity contribution in [2.45, 2.75) is 79.1 Å². The highest BCUT2D eigenvalue weighted by atomic mass is 14.4. The summed E-state index contributed by atoms with van der Waals surface area (Å²) in [5.74, 6) is 1.09. The lowest BCUT2D eigenvalue weighted by atomic mass is 9.76. The van der Waals surface area contributed by atoms with E-state index < -0.39 is 0 Å². The van der Waals surface area contributed by atoms with Gasteiger partial charge < -0.3 is 0 Å². The smallest absolute Gasteiger partial charge is 0.000709 e. The van der Waals surface area contributed by atoms with Gasteiger partial charge in [0, 0.05) is 0 Å². The summed E-state index contributed by atoms with van der Waals surface area (Å²) in [6.07, 6.45) is 11.3. The van der Waals surface area contributed by atoms with Gasteiger partial charge in [-0.3, -0.25) is 0 Å². The minimum Gasteiger partial charge on any atom is -0.0801 e. The van der Waals surface area contributed by atoms with E-state index in [4.69, 9.17) is 0 Å². The van der Waals surface area contributed by atoms with E-state index in [9.17, 15) is 0 Å². The molecule has 0 saturated carbocycles. The van der Waals surface area contributed by atoms with Crippen LogP contribution in [-0.4, -0.2) is 0 Å². The average Bonchev–Trinajstić information content (AvgIpc) is 3.32. The molecule has 0 aliphatic heterocycles. The fraction of sp³-hybridized carbons (Fsp3) is 0.429. The van der Waals surface area contributed by atoms with Gasteiger partial charge in [0.1, 0.15) is 0 Å². The summed E-state index contributed by atoms with van der Waals surface area (Å²) in [7, 11) is 0. The third kappa shape index (κ3) is 2.89. The largest absolute Gasteiger partial charge is 0.0801 e. The molecule has 2 aromatic rings. The molecule has 0 amide bonds. The van der Waals surface area contributed by atoms with E-state index in [-0.39, 0.29) is 0 Å². The van der Waals surface area contributed by atoms with E-state index in [0.29, 0.717) is 11.8 Å². The molecular formula is C28H34. The van der Waals surface area contributed by atoms with Crippen LogP contribution < -0.4 is 0 Å². The molecule has 0 aromatic heterocycles. The highest BCUT2D eigenvalue weighted by molar-refractivity contribution is 5.90. The second-order valence-electron chi connectivity index (χ2n) is 9.04. The van der Waals surface area contributed by atoms with Crippen molar-refractivity contribution in [3.8, 4) is 11.1 Å². The summed E-state index contributed by atoms with van der Waals surface area (Å²) in [6.45, 7) is 14.1. The first-order valence-corrected chi connectivity index (χ1v) is 11.2. The van der Waals surface area contributed by atoms with Gasteiger partial charge in [0.2, 0.25) is 0 Å². The molecule has 2 aliphatic carbocycles. The molecule has 0 bridgehead atoms. The predicted molar refractivity (Wildman–Crippen MR) is 123 cm³/mol. The van der Waals surface area contributed by atoms with Crippen molar-refractivity contribution in [1.29, 1.82) is 0 Å². The van der Waals surface area contributed by atoms with Crippen molar-refractivity contribution >= 4 is 5.57 Å². The first-order valence-electron chi connectivity index (χ1n) is 11.2. The van der Waals surface area contributed by atoms with Crippen LogP contribution in [0.1, 0.15) is 98.7 Å². The predicted octanol–water partition coefficient (Wildman–Crippen LogP) is 7.97. The molecule has 28 heavy (non-hydrogen) atoms. The van der Waals surface area contributed by atoms with E-state index in [1.54, 1.807) is 33.4 Å². The number of aryl methyl sites for hydroxylation is 1. The zero-order valence-corrected chi connectivity index (χ0v) is 18.4. The summed E-state index contributed by atoms with van der Waals surface area (Å²) < 4.78 is 0. The molecule has 0 heterocycles. The lowest BCUT2D eigenvalue weighted by Gasteiger charge is -2.28. The molecule has 2 aromatic carbocycles. The lowest BCUT2D eigenvalue weighted by molar-refractivity contribution is 0.775. The topological polar surface area (TPSA) is 0 Å². The fourth-order valence-electron chi connectivity index (χ4n) is 5.48. The van der Waals surface area contributed by atoms with Crippen molar-refractivity contribution in [3.05, 3.63) is 75.4 Å². The van der Waals surface area contributed by atoms with E-state index in [1.165, 1.54) is 22.3 Å². The highest BCUT2D eigenvalue weighted by Gasteiger charge is 2.32. The Morgan fingerprint density at radius 3 is 2.21 bits per heavy atom. The minimum absolute atomic E-state index is 0.540. The molecule has 0 unspecified atom stereocenters. The van der Waals surface area contributed by atoms with Crippen molar-refractivity contribution in [2.24, 2.45) is 0 Å². The van der Waals surface area contributed by atoms with E-state index in [1.807, 2.05) is 0 Å². The molecule has 146 valence electrons. The monoisotopic (exact) mass is 370 g/mol. The van der Waals surface area contributed by atoms with Crippen LogP contribution in [0.25, 0.3) is 16.7 Å². The van der Waals surface area contributed by atoms with Crippen molar-refractivity contribution in [3.63, 3.8) is 0 Å². The number of allylic oxidation sites excluding steroid dienone is 4. The van der Waals surface area contributed by atoms with Gasteiger partial charge in [0.05, 0.1) is 0 Å². The van der Waals surface area contributed by atoms with Crippen LogP contribution in [0.15, 0.2) is 36.4 Å². The molecule has 4 rings (SSSR count). The summed E-state index contributed by atoms with van der Waals surface area (Å²) in [6, 6.07) is 7.22. The Bertz CT molecular complexity index is 980. The third-order valence-corrected chi connectivity index (χ3v) is 6.61. The fourth-order valence-corrected chi connectivity index (χ4v) is 5.48. The third-order valence-electron chi connectivity index (χ3n) is 6.61. The van der Waals surface area contributed by atoms with Crippen LogP contribution in [-0.2, 0) is 19.3 Å². The van der Waals surface area contributed by atoms with Gasteiger partial charge in [-0.05, 0) is 93.2 Å². The number of rotatable bonds is 5. The number of hydrogen-bond donors (Lipinski definition) is 0. The summed E-state index contributed by atoms with van der Waals surface area (Å²) in [4.78, 5) is 0. The van der Waals surface area contributed by atoms with Gasteiger partial charge in [-0.1, -0.05) is 78.0 Å². The summed E-state index contributed by atoms with van der Waals surface area (Å²) in [5.41, 5.74) is 15.6. The number of benzene rings is 2. The maximum atomic E-state index is 2.46. The average molecular weight is 371 g/mol. The molecule has 0 radical (unpaired) electrons. The Morgan fingerprint density at radius 2 is 1.64 bits per heavy atom. The van der Waals surface area contributed by atoms with Gasteiger partial charge in [0.25, 0.3) is 0 Å². The summed E-state index contributed by atoms with van der Waals surface area (Å²) >= 11 is 0. The summed E-state index contributed by atoms with van der Waals surface area (Å²) in [5, 5.41) is 0. The molecule has 0 N–H and O–H groups in total. The van der Waals surface area contributed by atoms with Gasteiger partial charge in [-0.2, -0.15) is 0 Å². The van der Waals surface area contributed by atoms with Crippen LogP contribution in [0.4, 0.5) is 0 Å². The second-order valence-corrected chi connectivity index (χ2v) is 9.04. The Morgan fingerprint density at radius 1 is 0.893 bits per heavy atom. The number of fused-ring (bicyclic) bond motifs is 3. The normalized spacial score (nSPS) is 14.8. The zero-order valence-electron chi connectivity index (χ0n) is 18.4. The molecule has 0 nitrogen and oxygen atoms in total. The maximum Gasteiger partial charge on any atom is -0.000709 e. The lowest BCUT2D eigenvalue weighted by Crippen LogP contribution is -2.11. The van der Waals surface area contributed by atoms with Crippen molar-refractivity contribution < 1.29 is 0 Å². The Balaban J connectivity index is 2.11. The van der Waals surface area contributed by atoms with Gasteiger partial charge in [-0.25, -0.2) is 0 Å². The highest BCUT2D eigenvalue weighted by Crippen LogP contribution is 2.50. The molecular weight excluding hydrogens is 336 g/mol. The van der Waals surface area contributed by atoms with Crippen LogP contribution in [0.5, 0.6) is 0 Å². The van der Waals surface area contributed by atoms with Crippen molar-refractivity contribution in [1.82, 2.24) is 0 Å². The Labute approximate surface area is 171 Å². The molecule has 2 aliphatic rings. The Kier molecular flexibility index (Phi) is 5.08. The zero-order chi connectivity index (χ0) is 20.0. The first kappa shape index (κ1) is 19.2. The molecule has 0 saturated heterocycles. The van der Waals surface area contributed by atoms with E-state index in [2.05, 4.69) is 78.0 Å². The van der Waals surface area contributed by atoms with Crippen LogP contribution >= 0.6 is 0 Å². The molecule has 0 spiro atoms. The molecule has 0 atom stereocenters. The van der Waals surface area contributed by atoms with Crippen LogP contribution in [0.3, 0.4) is 0 Å². The van der Waals surface area contributed by atoms with E-state index >= 15 is 0 Å². The standard InChI is InChI=1S/C28H34/c1-7-19-13-14-23-21(15-19)16-24-27(20-11-9-10-12-20)22(8-2)25(17(3)4)26(18(5)6)28(23)24/h9-11,13-15,17-18H,7-8,12,16H2,1-6H3. The number of hydrogen-bond acceptors (Lipinski definition) is 0. The van der Waals surface area contributed by atoms with Gasteiger partial charge in [0.15, 0.2) is 0 Å². The minimum atomic E-state index is 0.540. The molecule has 0 heteroatoms. The Hall–Kier alpha value is -2.08. The SMILES string of the molecule is CCc1ccc2c(c1)Cc1c(C3=CC=CC3)c(CC)c(C(C)C)c(C(C)C)c1-2. The van der Waals surface area contributed by atoms with Crippen molar-refractivity contribution in [2.75, 3.05) is 0 Å².